The smallest absolute Gasteiger partial charge is 0.157 e. The molecule has 3 rings (SSSR count). The number of aromatic nitrogens is 3. The molecule has 0 atom stereocenters. The lowest BCUT2D eigenvalue weighted by Gasteiger charge is -2.33. The van der Waals surface area contributed by atoms with Gasteiger partial charge in [-0.3, -0.25) is 0 Å². The van der Waals surface area contributed by atoms with Crippen molar-refractivity contribution >= 4 is 11.5 Å². The Kier molecular flexibility index (Phi) is 3.87. The number of aryl methyl sites for hydroxylation is 1. The van der Waals surface area contributed by atoms with Gasteiger partial charge in [-0.2, -0.15) is 9.61 Å². The summed E-state index contributed by atoms with van der Waals surface area (Å²) in [6.07, 6.45) is 5.97. The van der Waals surface area contributed by atoms with E-state index < -0.39 is 0 Å². The number of hydrogen-bond acceptors (Lipinski definition) is 4. The molecular formula is C15H22N4O. The zero-order chi connectivity index (χ0) is 13.9. The first-order valence-corrected chi connectivity index (χ1v) is 7.51. The van der Waals surface area contributed by atoms with E-state index in [1.165, 1.54) is 0 Å². The number of hydrogen-bond donors (Lipinski definition) is 1. The van der Waals surface area contributed by atoms with E-state index in [-0.39, 0.29) is 0 Å². The summed E-state index contributed by atoms with van der Waals surface area (Å²) in [5.41, 5.74) is 2.04. The highest BCUT2D eigenvalue weighted by molar-refractivity contribution is 5.51. The van der Waals surface area contributed by atoms with Gasteiger partial charge in [0.05, 0.1) is 6.20 Å². The number of aliphatic hydroxyl groups is 1. The number of rotatable bonds is 4. The normalized spacial score (nSPS) is 17.0. The molecule has 0 unspecified atom stereocenters. The molecule has 1 aliphatic rings. The summed E-state index contributed by atoms with van der Waals surface area (Å²) in [4.78, 5) is 6.99. The molecule has 1 aliphatic heterocycles. The summed E-state index contributed by atoms with van der Waals surface area (Å²) >= 11 is 0. The SMILES string of the molecule is CCc1cc(N2CCC(CCO)CC2)n2nccc2n1. The average molecular weight is 274 g/mol. The first-order valence-electron chi connectivity index (χ1n) is 7.51. The van der Waals surface area contributed by atoms with Crippen LogP contribution in [0, 0.1) is 5.92 Å². The van der Waals surface area contributed by atoms with Gasteiger partial charge in [0.25, 0.3) is 0 Å². The molecule has 20 heavy (non-hydrogen) atoms. The molecule has 3 heterocycles. The van der Waals surface area contributed by atoms with Crippen LogP contribution in [0.25, 0.3) is 5.65 Å². The van der Waals surface area contributed by atoms with Crippen molar-refractivity contribution in [2.75, 3.05) is 24.6 Å². The van der Waals surface area contributed by atoms with Crippen molar-refractivity contribution < 1.29 is 5.11 Å². The van der Waals surface area contributed by atoms with Crippen LogP contribution in [0.5, 0.6) is 0 Å². The van der Waals surface area contributed by atoms with Gasteiger partial charge in [0.1, 0.15) is 5.82 Å². The molecule has 0 saturated carbocycles. The van der Waals surface area contributed by atoms with Crippen LogP contribution in [0.1, 0.15) is 31.9 Å². The molecule has 0 aromatic carbocycles. The van der Waals surface area contributed by atoms with Crippen LogP contribution in [0.3, 0.4) is 0 Å². The minimum absolute atomic E-state index is 0.309. The predicted molar refractivity (Wildman–Crippen MR) is 79.0 cm³/mol. The van der Waals surface area contributed by atoms with Crippen LogP contribution in [0.4, 0.5) is 5.82 Å². The molecule has 2 aromatic heterocycles. The van der Waals surface area contributed by atoms with Gasteiger partial charge in [0, 0.05) is 37.5 Å². The number of fused-ring (bicyclic) bond motifs is 1. The fraction of sp³-hybridized carbons (Fsp3) is 0.600. The lowest BCUT2D eigenvalue weighted by atomic mass is 9.94. The standard InChI is InChI=1S/C15H22N4O/c1-2-13-11-15(19-14(17-13)3-7-16-19)18-8-4-12(5-9-18)6-10-20/h3,7,11-12,20H,2,4-6,8-10H2,1H3. The molecular weight excluding hydrogens is 252 g/mol. The molecule has 1 N–H and O–H groups in total. The van der Waals surface area contributed by atoms with Crippen LogP contribution < -0.4 is 4.90 Å². The molecule has 0 aliphatic carbocycles. The Hall–Kier alpha value is -1.62. The Morgan fingerprint density at radius 2 is 2.15 bits per heavy atom. The van der Waals surface area contributed by atoms with Crippen LogP contribution in [-0.2, 0) is 6.42 Å². The quantitative estimate of drug-likeness (QED) is 0.925. The largest absolute Gasteiger partial charge is 0.396 e. The summed E-state index contributed by atoms with van der Waals surface area (Å²) in [6.45, 7) is 4.51. The topological polar surface area (TPSA) is 53.7 Å². The second-order valence-electron chi connectivity index (χ2n) is 5.50. The fourth-order valence-electron chi connectivity index (χ4n) is 2.99. The minimum Gasteiger partial charge on any atom is -0.396 e. The summed E-state index contributed by atoms with van der Waals surface area (Å²) in [6, 6.07) is 4.12. The van der Waals surface area contributed by atoms with Crippen LogP contribution in [0.15, 0.2) is 18.3 Å². The van der Waals surface area contributed by atoms with Crippen LogP contribution >= 0.6 is 0 Å². The van der Waals surface area contributed by atoms with E-state index in [0.717, 1.165) is 55.9 Å². The van der Waals surface area contributed by atoms with Crippen molar-refractivity contribution in [2.45, 2.75) is 32.6 Å². The molecule has 5 nitrogen and oxygen atoms in total. The highest BCUT2D eigenvalue weighted by Crippen LogP contribution is 2.25. The third-order valence-electron chi connectivity index (χ3n) is 4.23. The molecule has 108 valence electrons. The van der Waals surface area contributed by atoms with E-state index in [2.05, 4.69) is 28.0 Å². The highest BCUT2D eigenvalue weighted by atomic mass is 16.3. The maximum atomic E-state index is 9.05. The first kappa shape index (κ1) is 13.4. The summed E-state index contributed by atoms with van der Waals surface area (Å²) < 4.78 is 1.94. The Morgan fingerprint density at radius 3 is 2.85 bits per heavy atom. The van der Waals surface area contributed by atoms with Gasteiger partial charge in [0.2, 0.25) is 0 Å². The highest BCUT2D eigenvalue weighted by Gasteiger charge is 2.21. The number of piperidine rings is 1. The molecule has 0 amide bonds. The lowest BCUT2D eigenvalue weighted by molar-refractivity contribution is 0.240. The second-order valence-corrected chi connectivity index (χ2v) is 5.50. The number of anilines is 1. The third-order valence-corrected chi connectivity index (χ3v) is 4.23. The summed E-state index contributed by atoms with van der Waals surface area (Å²) in [5, 5.41) is 13.4. The van der Waals surface area contributed by atoms with E-state index in [0.29, 0.717) is 12.5 Å². The van der Waals surface area contributed by atoms with Crippen molar-refractivity contribution in [1.82, 2.24) is 14.6 Å². The van der Waals surface area contributed by atoms with E-state index in [1.807, 2.05) is 16.8 Å². The van der Waals surface area contributed by atoms with E-state index in [9.17, 15) is 0 Å². The summed E-state index contributed by atoms with van der Waals surface area (Å²) in [5.74, 6) is 1.82. The molecule has 0 bridgehead atoms. The third kappa shape index (κ3) is 2.50. The first-order chi connectivity index (χ1) is 9.81. The second kappa shape index (κ2) is 5.79. The summed E-state index contributed by atoms with van der Waals surface area (Å²) in [7, 11) is 0. The predicted octanol–water partition coefficient (Wildman–Crippen LogP) is 1.89. The molecule has 2 aromatic rings. The van der Waals surface area contributed by atoms with Crippen molar-refractivity contribution in [2.24, 2.45) is 5.92 Å². The minimum atomic E-state index is 0.309. The molecule has 0 spiro atoms. The zero-order valence-electron chi connectivity index (χ0n) is 12.0. The van der Waals surface area contributed by atoms with E-state index in [4.69, 9.17) is 5.11 Å². The average Bonchev–Trinajstić information content (AvgIpc) is 2.95. The van der Waals surface area contributed by atoms with Gasteiger partial charge in [-0.15, -0.1) is 0 Å². The van der Waals surface area contributed by atoms with Gasteiger partial charge < -0.3 is 10.0 Å². The van der Waals surface area contributed by atoms with Gasteiger partial charge >= 0.3 is 0 Å². The Morgan fingerprint density at radius 1 is 1.35 bits per heavy atom. The molecule has 1 fully saturated rings. The molecule has 1 saturated heterocycles. The zero-order valence-corrected chi connectivity index (χ0v) is 12.0. The maximum absolute atomic E-state index is 9.05. The van der Waals surface area contributed by atoms with Gasteiger partial charge in [0.15, 0.2) is 5.65 Å². The van der Waals surface area contributed by atoms with Crippen LogP contribution in [0.2, 0.25) is 0 Å². The fourth-order valence-corrected chi connectivity index (χ4v) is 2.99. The van der Waals surface area contributed by atoms with Crippen molar-refractivity contribution in [3.8, 4) is 0 Å². The molecule has 5 heteroatoms. The Bertz CT molecular complexity index is 572. The molecule has 0 radical (unpaired) electrons. The lowest BCUT2D eigenvalue weighted by Crippen LogP contribution is -2.35. The van der Waals surface area contributed by atoms with Crippen molar-refractivity contribution in [3.63, 3.8) is 0 Å². The monoisotopic (exact) mass is 274 g/mol. The van der Waals surface area contributed by atoms with Gasteiger partial charge in [-0.1, -0.05) is 6.92 Å². The van der Waals surface area contributed by atoms with E-state index >= 15 is 0 Å². The van der Waals surface area contributed by atoms with Crippen LogP contribution in [-0.4, -0.2) is 39.4 Å². The van der Waals surface area contributed by atoms with Crippen molar-refractivity contribution in [1.29, 1.82) is 0 Å². The van der Waals surface area contributed by atoms with E-state index in [1.54, 1.807) is 0 Å². The Labute approximate surface area is 119 Å². The maximum Gasteiger partial charge on any atom is 0.157 e. The van der Waals surface area contributed by atoms with Gasteiger partial charge in [-0.25, -0.2) is 4.98 Å². The number of nitrogens with zero attached hydrogens (tertiary/aromatic N) is 4. The number of aliphatic hydroxyl groups excluding tert-OH is 1. The Balaban J connectivity index is 1.85. The van der Waals surface area contributed by atoms with Gasteiger partial charge in [-0.05, 0) is 31.6 Å². The van der Waals surface area contributed by atoms with Crippen molar-refractivity contribution in [3.05, 3.63) is 24.0 Å².